The molecule has 10 nitrogen and oxygen atoms in total. The van der Waals surface area contributed by atoms with Crippen molar-refractivity contribution in [3.05, 3.63) is 24.3 Å². The minimum atomic E-state index is -3.50. The fourth-order valence-electron chi connectivity index (χ4n) is 3.53. The first-order valence-electron chi connectivity index (χ1n) is 8.62. The lowest BCUT2D eigenvalue weighted by Crippen LogP contribution is -2.54. The maximum Gasteiger partial charge on any atom is 0.274 e. The number of hydrogen-bond donors (Lipinski definition) is 2. The number of carbonyl (C=O) groups excluding carboxylic acids is 1. The summed E-state index contributed by atoms with van der Waals surface area (Å²) >= 11 is 0. The van der Waals surface area contributed by atoms with E-state index in [2.05, 4.69) is 20.0 Å². The summed E-state index contributed by atoms with van der Waals surface area (Å²) in [5.41, 5.74) is 0.295. The number of piperidine rings is 1. The molecule has 1 aromatic heterocycles. The third-order valence-electron chi connectivity index (χ3n) is 4.73. The fraction of sp³-hybridized carbons (Fsp3) is 0.667. The van der Waals surface area contributed by atoms with Crippen molar-refractivity contribution in [2.75, 3.05) is 30.9 Å². The van der Waals surface area contributed by atoms with Crippen LogP contribution < -0.4 is 10.0 Å². The molecule has 0 radical (unpaired) electrons. The summed E-state index contributed by atoms with van der Waals surface area (Å²) in [5, 5.41) is 3.27. The molecule has 3 rings (SSSR count). The molecular weight excluding hydrogens is 394 g/mol. The van der Waals surface area contributed by atoms with Crippen molar-refractivity contribution in [1.82, 2.24) is 24.9 Å². The quantitative estimate of drug-likeness (QED) is 0.583. The van der Waals surface area contributed by atoms with E-state index in [1.165, 1.54) is 18.6 Å². The number of rotatable bonds is 5. The first-order chi connectivity index (χ1) is 12.6. The summed E-state index contributed by atoms with van der Waals surface area (Å²) in [6, 6.07) is -1.14. The minimum absolute atomic E-state index is 0.0121. The molecule has 2 aliphatic heterocycles. The Kier molecular flexibility index (Phi) is 5.79. The van der Waals surface area contributed by atoms with E-state index in [1.54, 1.807) is 4.90 Å². The van der Waals surface area contributed by atoms with Crippen LogP contribution in [-0.2, 0) is 19.9 Å². The molecule has 2 N–H and O–H groups in total. The predicted octanol–water partition coefficient (Wildman–Crippen LogP) is -1.61. The molecule has 2 aliphatic rings. The Bertz CT molecular complexity index is 882. The molecule has 3 heterocycles. The smallest absolute Gasteiger partial charge is 0.274 e. The van der Waals surface area contributed by atoms with Crippen LogP contribution in [0.5, 0.6) is 0 Å². The number of nitrogens with zero attached hydrogens (tertiary/aromatic N) is 3. The second-order valence-corrected chi connectivity index (χ2v) is 10.9. The standard InChI is InChI=1S/C15H23N5O5S2/c1-26(22,23)19-14-10-27(24,25)9-13(14)18-11-2-6-20(7-3-11)15(21)12-8-16-4-5-17-12/h4-5,8,11,13-14,18-19H,2-3,6-7,9-10H2,1H3/t13-,14+/m1/s1. The maximum absolute atomic E-state index is 12.4. The lowest BCUT2D eigenvalue weighted by atomic mass is 10.0. The molecule has 2 atom stereocenters. The second kappa shape index (κ2) is 7.78. The van der Waals surface area contributed by atoms with E-state index in [0.29, 0.717) is 31.6 Å². The molecule has 0 saturated carbocycles. The summed E-state index contributed by atoms with van der Waals surface area (Å²) in [4.78, 5) is 22.0. The molecule has 0 unspecified atom stereocenters. The van der Waals surface area contributed by atoms with Gasteiger partial charge in [0.05, 0.1) is 30.0 Å². The highest BCUT2D eigenvalue weighted by Gasteiger charge is 2.40. The number of aromatic nitrogens is 2. The topological polar surface area (TPSA) is 138 Å². The van der Waals surface area contributed by atoms with Gasteiger partial charge in [-0.25, -0.2) is 26.5 Å². The third kappa shape index (κ3) is 5.43. The van der Waals surface area contributed by atoms with Crippen LogP contribution in [0.2, 0.25) is 0 Å². The molecule has 0 spiro atoms. The highest BCUT2D eigenvalue weighted by molar-refractivity contribution is 7.92. The van der Waals surface area contributed by atoms with E-state index >= 15 is 0 Å². The number of nitrogens with one attached hydrogen (secondary N) is 2. The van der Waals surface area contributed by atoms with Crippen molar-refractivity contribution in [1.29, 1.82) is 0 Å². The summed E-state index contributed by atoms with van der Waals surface area (Å²) in [6.45, 7) is 1.02. The Balaban J connectivity index is 1.57. The van der Waals surface area contributed by atoms with Crippen LogP contribution in [0, 0.1) is 0 Å². The van der Waals surface area contributed by atoms with Gasteiger partial charge in [0.2, 0.25) is 10.0 Å². The van der Waals surface area contributed by atoms with Gasteiger partial charge in [0.25, 0.3) is 5.91 Å². The molecule has 2 saturated heterocycles. The average Bonchev–Trinajstić information content (AvgIpc) is 2.87. The van der Waals surface area contributed by atoms with E-state index in [-0.39, 0.29) is 23.5 Å². The summed E-state index contributed by atoms with van der Waals surface area (Å²) in [6.07, 6.45) is 6.71. The first-order valence-corrected chi connectivity index (χ1v) is 12.3. The number of likely N-dealkylation sites (tertiary alicyclic amines) is 1. The third-order valence-corrected chi connectivity index (χ3v) is 7.20. The van der Waals surface area contributed by atoms with E-state index in [9.17, 15) is 21.6 Å². The van der Waals surface area contributed by atoms with Gasteiger partial charge in [-0.05, 0) is 12.8 Å². The summed E-state index contributed by atoms with van der Waals surface area (Å²) in [7, 11) is -6.80. The van der Waals surface area contributed by atoms with Gasteiger partial charge in [0, 0.05) is 37.6 Å². The number of hydrogen-bond acceptors (Lipinski definition) is 8. The highest BCUT2D eigenvalue weighted by Crippen LogP contribution is 2.18. The monoisotopic (exact) mass is 417 g/mol. The van der Waals surface area contributed by atoms with Gasteiger partial charge in [0.1, 0.15) is 5.69 Å². The number of amides is 1. The van der Waals surface area contributed by atoms with E-state index < -0.39 is 31.9 Å². The van der Waals surface area contributed by atoms with Crippen molar-refractivity contribution >= 4 is 25.8 Å². The summed E-state index contributed by atoms with van der Waals surface area (Å²) in [5.74, 6) is -0.484. The first kappa shape index (κ1) is 20.1. The van der Waals surface area contributed by atoms with Crippen LogP contribution >= 0.6 is 0 Å². The van der Waals surface area contributed by atoms with Gasteiger partial charge in [-0.2, -0.15) is 0 Å². The van der Waals surface area contributed by atoms with Gasteiger partial charge in [-0.15, -0.1) is 0 Å². The molecule has 1 amide bonds. The fourth-order valence-corrected chi connectivity index (χ4v) is 6.30. The second-order valence-electron chi connectivity index (χ2n) is 7.00. The van der Waals surface area contributed by atoms with Crippen LogP contribution in [0.1, 0.15) is 23.3 Å². The predicted molar refractivity (Wildman–Crippen MR) is 98.3 cm³/mol. The molecule has 2 fully saturated rings. The van der Waals surface area contributed by atoms with Crippen LogP contribution in [0.15, 0.2) is 18.6 Å². The van der Waals surface area contributed by atoms with Crippen LogP contribution in [-0.4, -0.2) is 86.6 Å². The molecule has 27 heavy (non-hydrogen) atoms. The zero-order valence-corrected chi connectivity index (χ0v) is 16.5. The molecule has 150 valence electrons. The Morgan fingerprint density at radius 1 is 1.19 bits per heavy atom. The summed E-state index contributed by atoms with van der Waals surface area (Å²) < 4.78 is 49.3. The Labute approximate surface area is 158 Å². The van der Waals surface area contributed by atoms with Crippen LogP contribution in [0.25, 0.3) is 0 Å². The zero-order valence-electron chi connectivity index (χ0n) is 14.9. The van der Waals surface area contributed by atoms with Gasteiger partial charge in [0.15, 0.2) is 9.84 Å². The SMILES string of the molecule is CS(=O)(=O)N[C@H]1CS(=O)(=O)C[C@H]1NC1CCN(C(=O)c2cnccn2)CC1. The van der Waals surface area contributed by atoms with Crippen molar-refractivity contribution in [3.8, 4) is 0 Å². The zero-order chi connectivity index (χ0) is 19.7. The van der Waals surface area contributed by atoms with E-state index in [0.717, 1.165) is 6.26 Å². The number of sulfonamides is 1. The number of carbonyl (C=O) groups is 1. The lowest BCUT2D eigenvalue weighted by Gasteiger charge is -2.34. The van der Waals surface area contributed by atoms with Crippen molar-refractivity contribution in [2.45, 2.75) is 31.0 Å². The normalized spacial score (nSPS) is 26.2. The van der Waals surface area contributed by atoms with Gasteiger partial charge >= 0.3 is 0 Å². The van der Waals surface area contributed by atoms with Crippen molar-refractivity contribution in [3.63, 3.8) is 0 Å². The molecular formula is C15H23N5O5S2. The van der Waals surface area contributed by atoms with Gasteiger partial charge in [-0.1, -0.05) is 0 Å². The Morgan fingerprint density at radius 2 is 1.85 bits per heavy atom. The molecule has 0 bridgehead atoms. The van der Waals surface area contributed by atoms with Crippen LogP contribution in [0.3, 0.4) is 0 Å². The van der Waals surface area contributed by atoms with Crippen molar-refractivity contribution in [2.24, 2.45) is 0 Å². The average molecular weight is 418 g/mol. The van der Waals surface area contributed by atoms with Gasteiger partial charge < -0.3 is 10.2 Å². The van der Waals surface area contributed by atoms with E-state index in [4.69, 9.17) is 0 Å². The molecule has 0 aliphatic carbocycles. The van der Waals surface area contributed by atoms with E-state index in [1.807, 2.05) is 0 Å². The molecule has 12 heteroatoms. The largest absolute Gasteiger partial charge is 0.337 e. The molecule has 0 aromatic carbocycles. The van der Waals surface area contributed by atoms with Crippen LogP contribution in [0.4, 0.5) is 0 Å². The Hall–Kier alpha value is -1.63. The molecule has 1 aromatic rings. The highest BCUT2D eigenvalue weighted by atomic mass is 32.2. The Morgan fingerprint density at radius 3 is 2.44 bits per heavy atom. The maximum atomic E-state index is 12.4. The number of sulfone groups is 1. The minimum Gasteiger partial charge on any atom is -0.337 e. The lowest BCUT2D eigenvalue weighted by molar-refractivity contribution is 0.0695. The van der Waals surface area contributed by atoms with Crippen molar-refractivity contribution < 1.29 is 21.6 Å². The van der Waals surface area contributed by atoms with Gasteiger partial charge in [-0.3, -0.25) is 9.78 Å².